The number of piperidine rings is 1. The number of halogens is 2. The van der Waals surface area contributed by atoms with Crippen LogP contribution in [0.25, 0.3) is 33.4 Å². The lowest BCUT2D eigenvalue weighted by Crippen LogP contribution is -2.47. The third-order valence-corrected chi connectivity index (χ3v) is 9.07. The topological polar surface area (TPSA) is 102 Å². The maximum atomic E-state index is 14.9. The smallest absolute Gasteiger partial charge is 0.281 e. The fourth-order valence-electron chi connectivity index (χ4n) is 5.52. The fraction of sp³-hybridized carbons (Fsp3) is 0.300. The number of rotatable bonds is 7. The molecule has 0 bridgehead atoms. The molecule has 0 radical (unpaired) electrons. The van der Waals surface area contributed by atoms with Crippen molar-refractivity contribution in [1.82, 2.24) is 24.2 Å². The van der Waals surface area contributed by atoms with Crippen molar-refractivity contribution in [2.45, 2.75) is 38.1 Å². The van der Waals surface area contributed by atoms with Crippen LogP contribution in [0.1, 0.15) is 24.0 Å². The third-order valence-electron chi connectivity index (χ3n) is 7.90. The Hall–Kier alpha value is -3.41. The van der Waals surface area contributed by atoms with E-state index in [1.54, 1.807) is 17.8 Å². The molecule has 3 aromatic heterocycles. The predicted molar refractivity (Wildman–Crippen MR) is 160 cm³/mol. The summed E-state index contributed by atoms with van der Waals surface area (Å²) in [5.41, 5.74) is 9.96. The molecule has 1 fully saturated rings. The van der Waals surface area contributed by atoms with Crippen molar-refractivity contribution in [3.8, 4) is 22.4 Å². The summed E-state index contributed by atoms with van der Waals surface area (Å²) < 4.78 is 18.7. The Balaban J connectivity index is 1.14. The first kappa shape index (κ1) is 27.7. The van der Waals surface area contributed by atoms with Crippen molar-refractivity contribution in [1.29, 1.82) is 0 Å². The molecule has 41 heavy (non-hydrogen) atoms. The number of hydrogen-bond acceptors (Lipinski definition) is 7. The van der Waals surface area contributed by atoms with Crippen LogP contribution in [0, 0.1) is 5.82 Å². The fourth-order valence-corrected chi connectivity index (χ4v) is 6.48. The van der Waals surface area contributed by atoms with Gasteiger partial charge < -0.3 is 10.8 Å². The lowest BCUT2D eigenvalue weighted by atomic mass is 9.91. The van der Waals surface area contributed by atoms with Crippen molar-refractivity contribution in [3.63, 3.8) is 0 Å². The van der Waals surface area contributed by atoms with E-state index in [4.69, 9.17) is 17.3 Å². The van der Waals surface area contributed by atoms with Gasteiger partial charge >= 0.3 is 0 Å². The molecule has 4 heterocycles. The quantitative estimate of drug-likeness (QED) is 0.281. The Morgan fingerprint density at radius 3 is 2.49 bits per heavy atom. The van der Waals surface area contributed by atoms with Crippen LogP contribution in [-0.4, -0.2) is 48.0 Å². The molecule has 2 aromatic carbocycles. The summed E-state index contributed by atoms with van der Waals surface area (Å²) in [6.45, 7) is 2.15. The van der Waals surface area contributed by atoms with Crippen LogP contribution in [-0.2, 0) is 26.7 Å². The van der Waals surface area contributed by atoms with Gasteiger partial charge in [0.1, 0.15) is 15.7 Å². The lowest BCUT2D eigenvalue weighted by molar-refractivity contribution is -0.0366. The molecule has 0 amide bonds. The van der Waals surface area contributed by atoms with Gasteiger partial charge in [0, 0.05) is 49.9 Å². The second-order valence-corrected chi connectivity index (χ2v) is 12.2. The molecule has 5 aromatic rings. The molecule has 0 unspecified atom stereocenters. The molecule has 1 aliphatic heterocycles. The van der Waals surface area contributed by atoms with Crippen LogP contribution in [0.3, 0.4) is 0 Å². The maximum Gasteiger partial charge on any atom is 0.281 e. The van der Waals surface area contributed by atoms with Gasteiger partial charge in [-0.2, -0.15) is 5.10 Å². The molecule has 212 valence electrons. The van der Waals surface area contributed by atoms with Gasteiger partial charge in [-0.1, -0.05) is 48.0 Å². The molecule has 1 aliphatic rings. The van der Waals surface area contributed by atoms with Gasteiger partial charge in [-0.05, 0) is 41.5 Å². The maximum absolute atomic E-state index is 14.9. The molecule has 0 atom stereocenters. The molecule has 11 heteroatoms. The first-order chi connectivity index (χ1) is 19.7. The zero-order valence-electron chi connectivity index (χ0n) is 22.6. The van der Waals surface area contributed by atoms with Crippen molar-refractivity contribution < 1.29 is 9.50 Å². The van der Waals surface area contributed by atoms with Crippen LogP contribution in [0.4, 0.5) is 4.39 Å². The second-order valence-electron chi connectivity index (χ2n) is 10.7. The molecule has 6 rings (SSSR count). The number of fused-ring (bicyclic) bond motifs is 1. The number of likely N-dealkylation sites (tertiary alicyclic amines) is 1. The molecular weight excluding hydrogens is 563 g/mol. The number of benzene rings is 2. The standard InChI is InChI=1S/C30H30ClFN6O2S/c1-36-27(20-4-2-19(15-33)3-5-20)25-26(35-36)29(39)38(18-34-25)17-30(40)9-11-37(12-10-30)16-22-7-6-21(14-24(22)32)23-8-13-41-28(23)31/h2-8,13-14,18,40H,9-12,15-17,33H2,1H3. The van der Waals surface area contributed by atoms with E-state index in [2.05, 4.69) is 15.0 Å². The first-order valence-electron chi connectivity index (χ1n) is 13.4. The zero-order chi connectivity index (χ0) is 28.7. The molecule has 0 saturated carbocycles. The summed E-state index contributed by atoms with van der Waals surface area (Å²) in [5, 5.41) is 17.7. The number of aryl methyl sites for hydroxylation is 1. The van der Waals surface area contributed by atoms with Crippen molar-refractivity contribution >= 4 is 34.0 Å². The van der Waals surface area contributed by atoms with Crippen LogP contribution in [0.5, 0.6) is 0 Å². The second kappa shape index (κ2) is 11.1. The minimum atomic E-state index is -1.08. The number of nitrogens with zero attached hydrogens (tertiary/aromatic N) is 5. The Kier molecular flexibility index (Phi) is 7.52. The minimum Gasteiger partial charge on any atom is -0.388 e. The molecule has 0 spiro atoms. The predicted octanol–water partition coefficient (Wildman–Crippen LogP) is 4.80. The van der Waals surface area contributed by atoms with E-state index in [-0.39, 0.29) is 23.4 Å². The van der Waals surface area contributed by atoms with Gasteiger partial charge in [0.25, 0.3) is 5.56 Å². The summed E-state index contributed by atoms with van der Waals surface area (Å²) in [7, 11) is 1.79. The highest BCUT2D eigenvalue weighted by Gasteiger charge is 2.33. The van der Waals surface area contributed by atoms with Crippen molar-refractivity contribution in [3.05, 3.63) is 91.9 Å². The van der Waals surface area contributed by atoms with Crippen LogP contribution in [0.15, 0.2) is 65.0 Å². The normalized spacial score (nSPS) is 15.5. The summed E-state index contributed by atoms with van der Waals surface area (Å²) in [5.74, 6) is -0.276. The van der Waals surface area contributed by atoms with Crippen LogP contribution in [0.2, 0.25) is 4.34 Å². The Morgan fingerprint density at radius 2 is 1.83 bits per heavy atom. The Labute approximate surface area is 245 Å². The highest BCUT2D eigenvalue weighted by Crippen LogP contribution is 2.34. The van der Waals surface area contributed by atoms with E-state index in [0.29, 0.717) is 54.4 Å². The highest BCUT2D eigenvalue weighted by atomic mass is 35.5. The van der Waals surface area contributed by atoms with E-state index in [1.165, 1.54) is 28.3 Å². The molecule has 3 N–H and O–H groups in total. The summed E-state index contributed by atoms with van der Waals surface area (Å²) in [6, 6.07) is 14.9. The van der Waals surface area contributed by atoms with Gasteiger partial charge in [-0.3, -0.25) is 18.9 Å². The Bertz CT molecular complexity index is 1770. The monoisotopic (exact) mass is 592 g/mol. The Morgan fingerprint density at radius 1 is 1.10 bits per heavy atom. The number of thiophene rings is 1. The van der Waals surface area contributed by atoms with Gasteiger partial charge in [-0.15, -0.1) is 11.3 Å². The van der Waals surface area contributed by atoms with E-state index in [0.717, 1.165) is 27.9 Å². The molecule has 1 saturated heterocycles. The molecule has 0 aliphatic carbocycles. The third kappa shape index (κ3) is 5.45. The lowest BCUT2D eigenvalue weighted by Gasteiger charge is -2.38. The van der Waals surface area contributed by atoms with Crippen molar-refractivity contribution in [2.24, 2.45) is 12.8 Å². The average Bonchev–Trinajstić information content (AvgIpc) is 3.55. The van der Waals surface area contributed by atoms with Crippen molar-refractivity contribution in [2.75, 3.05) is 13.1 Å². The van der Waals surface area contributed by atoms with Gasteiger partial charge in [0.2, 0.25) is 0 Å². The number of nitrogens with two attached hydrogens (primary N) is 1. The summed E-state index contributed by atoms with van der Waals surface area (Å²) >= 11 is 7.64. The van der Waals surface area contributed by atoms with Gasteiger partial charge in [0.15, 0.2) is 5.52 Å². The summed E-state index contributed by atoms with van der Waals surface area (Å²) in [6.07, 6.45) is 2.39. The van der Waals surface area contributed by atoms with Crippen LogP contribution < -0.4 is 11.3 Å². The van der Waals surface area contributed by atoms with E-state index in [1.807, 2.05) is 41.8 Å². The van der Waals surface area contributed by atoms with Gasteiger partial charge in [-0.25, -0.2) is 9.37 Å². The number of hydrogen-bond donors (Lipinski definition) is 2. The van der Waals surface area contributed by atoms with Crippen LogP contribution >= 0.6 is 22.9 Å². The molecular formula is C30H30ClFN6O2S. The largest absolute Gasteiger partial charge is 0.388 e. The first-order valence-corrected chi connectivity index (χ1v) is 14.7. The minimum absolute atomic E-state index is 0.115. The number of aromatic nitrogens is 4. The van der Waals surface area contributed by atoms with E-state index < -0.39 is 5.60 Å². The highest BCUT2D eigenvalue weighted by molar-refractivity contribution is 7.15. The summed E-state index contributed by atoms with van der Waals surface area (Å²) in [4.78, 5) is 20.1. The average molecular weight is 593 g/mol. The van der Waals surface area contributed by atoms with Gasteiger partial charge in [0.05, 0.1) is 24.2 Å². The zero-order valence-corrected chi connectivity index (χ0v) is 24.1. The van der Waals surface area contributed by atoms with E-state index in [9.17, 15) is 14.3 Å². The van der Waals surface area contributed by atoms with E-state index >= 15 is 0 Å². The number of aliphatic hydroxyl groups is 1. The molecule has 8 nitrogen and oxygen atoms in total. The SMILES string of the molecule is Cn1nc2c(=O)n(CC3(O)CCN(Cc4ccc(-c5ccsc5Cl)cc4F)CC3)cnc2c1-c1ccc(CN)cc1.